The summed E-state index contributed by atoms with van der Waals surface area (Å²) in [5.74, 6) is -0.814. The first-order valence-electron chi connectivity index (χ1n) is 17.0. The summed E-state index contributed by atoms with van der Waals surface area (Å²) in [6.07, 6.45) is -0.700. The van der Waals surface area contributed by atoms with Crippen LogP contribution in [0.15, 0.2) is 115 Å². The van der Waals surface area contributed by atoms with Crippen molar-refractivity contribution in [2.24, 2.45) is 0 Å². The number of ether oxygens (including phenoxy) is 2. The molecule has 1 atom stereocenters. The summed E-state index contributed by atoms with van der Waals surface area (Å²) < 4.78 is 25.7. The number of carbonyl (C=O) groups excluding carboxylic acids is 2. The molecule has 1 N–H and O–H groups in total. The Bertz CT molecular complexity index is 1840. The fourth-order valence-electron chi connectivity index (χ4n) is 6.91. The van der Waals surface area contributed by atoms with Crippen molar-refractivity contribution in [2.75, 3.05) is 31.6 Å². The van der Waals surface area contributed by atoms with Crippen molar-refractivity contribution in [2.45, 2.75) is 51.4 Å². The standard InChI is InChI=1S/C41H43FN4O4/c1-5-49-38(47)36-28-46(41(30-15-9-6-10-16-30,31-17-11-7-12-18-31)32-19-13-8-14-20-32)24-23-45(36)27-34-22-21-29-25-33(42)26-35(37(29)43-34)44-39(48)50-40(2,3)4/h6-22,25-26,36H,5,23-24,27-28H2,1-4H3,(H,44,48). The molecule has 9 heteroatoms. The van der Waals surface area contributed by atoms with Gasteiger partial charge in [-0.3, -0.25) is 19.9 Å². The van der Waals surface area contributed by atoms with E-state index in [0.717, 1.165) is 16.7 Å². The molecule has 0 saturated carbocycles. The first-order valence-corrected chi connectivity index (χ1v) is 17.0. The average Bonchev–Trinajstić information content (AvgIpc) is 3.10. The van der Waals surface area contributed by atoms with Crippen LogP contribution in [0.3, 0.4) is 0 Å². The Hall–Kier alpha value is -5.12. The van der Waals surface area contributed by atoms with Crippen LogP contribution in [-0.4, -0.2) is 64.7 Å². The van der Waals surface area contributed by atoms with Gasteiger partial charge >= 0.3 is 12.1 Å². The highest BCUT2D eigenvalue weighted by atomic mass is 19.1. The number of hydrogen-bond acceptors (Lipinski definition) is 7. The molecular formula is C41H43FN4O4. The maximum atomic E-state index is 14.6. The number of rotatable bonds is 9. The minimum absolute atomic E-state index is 0.209. The average molecular weight is 675 g/mol. The highest BCUT2D eigenvalue weighted by Crippen LogP contribution is 2.43. The molecule has 1 fully saturated rings. The van der Waals surface area contributed by atoms with Gasteiger partial charge in [0.15, 0.2) is 0 Å². The Morgan fingerprint density at radius 2 is 1.42 bits per heavy atom. The SMILES string of the molecule is CCOC(=O)C1CN(C(c2ccccc2)(c2ccccc2)c2ccccc2)CCN1Cc1ccc2cc(F)cc(NC(=O)OC(C)(C)C)c2n1. The largest absolute Gasteiger partial charge is 0.465 e. The highest BCUT2D eigenvalue weighted by molar-refractivity contribution is 5.98. The van der Waals surface area contributed by atoms with E-state index in [1.807, 2.05) is 31.2 Å². The second kappa shape index (κ2) is 14.8. The number of amides is 1. The summed E-state index contributed by atoms with van der Waals surface area (Å²) in [5.41, 5.74) is 3.19. The topological polar surface area (TPSA) is 84.0 Å². The number of halogens is 1. The summed E-state index contributed by atoms with van der Waals surface area (Å²) in [4.78, 5) is 35.8. The molecule has 0 aliphatic carbocycles. The van der Waals surface area contributed by atoms with Gasteiger partial charge in [0.2, 0.25) is 0 Å². The van der Waals surface area contributed by atoms with Gasteiger partial charge in [-0.15, -0.1) is 0 Å². The minimum Gasteiger partial charge on any atom is -0.465 e. The number of nitrogens with one attached hydrogen (secondary N) is 1. The second-order valence-electron chi connectivity index (χ2n) is 13.4. The van der Waals surface area contributed by atoms with E-state index in [4.69, 9.17) is 14.5 Å². The smallest absolute Gasteiger partial charge is 0.412 e. The molecule has 1 aliphatic rings. The van der Waals surface area contributed by atoms with E-state index in [1.54, 1.807) is 26.8 Å². The van der Waals surface area contributed by atoms with Crippen LogP contribution in [0.5, 0.6) is 0 Å². The number of pyridine rings is 1. The molecule has 1 aromatic heterocycles. The highest BCUT2D eigenvalue weighted by Gasteiger charge is 2.46. The number of benzene rings is 4. The monoisotopic (exact) mass is 674 g/mol. The van der Waals surface area contributed by atoms with Gasteiger partial charge in [-0.1, -0.05) is 97.1 Å². The van der Waals surface area contributed by atoms with Gasteiger partial charge in [0.1, 0.15) is 17.5 Å². The molecule has 4 aromatic carbocycles. The molecule has 1 aliphatic heterocycles. The number of anilines is 1. The number of piperazine rings is 1. The molecule has 0 bridgehead atoms. The van der Waals surface area contributed by atoms with Gasteiger partial charge in [-0.05, 0) is 62.6 Å². The predicted molar refractivity (Wildman–Crippen MR) is 193 cm³/mol. The zero-order valence-corrected chi connectivity index (χ0v) is 28.9. The van der Waals surface area contributed by atoms with E-state index in [9.17, 15) is 14.0 Å². The van der Waals surface area contributed by atoms with Crippen LogP contribution in [0.4, 0.5) is 14.9 Å². The van der Waals surface area contributed by atoms with E-state index < -0.39 is 29.1 Å². The molecule has 6 rings (SSSR count). The Kier molecular flexibility index (Phi) is 10.3. The van der Waals surface area contributed by atoms with E-state index in [2.05, 4.69) is 87.9 Å². The number of esters is 1. The van der Waals surface area contributed by atoms with Crippen LogP contribution in [0, 0.1) is 5.82 Å². The summed E-state index contributed by atoms with van der Waals surface area (Å²) in [6.45, 7) is 9.26. The molecule has 50 heavy (non-hydrogen) atoms. The van der Waals surface area contributed by atoms with Crippen LogP contribution >= 0.6 is 0 Å². The molecule has 8 nitrogen and oxygen atoms in total. The first kappa shape index (κ1) is 34.7. The summed E-state index contributed by atoms with van der Waals surface area (Å²) in [6, 6.07) is 36.9. The van der Waals surface area contributed by atoms with Crippen molar-refractivity contribution in [3.8, 4) is 0 Å². The molecule has 258 valence electrons. The third kappa shape index (κ3) is 7.39. The second-order valence-corrected chi connectivity index (χ2v) is 13.4. The fraction of sp³-hybridized carbons (Fsp3) is 0.293. The van der Waals surface area contributed by atoms with Crippen molar-refractivity contribution in [1.29, 1.82) is 0 Å². The Morgan fingerprint density at radius 3 is 1.96 bits per heavy atom. The lowest BCUT2D eigenvalue weighted by Crippen LogP contribution is -2.62. The van der Waals surface area contributed by atoms with E-state index >= 15 is 0 Å². The predicted octanol–water partition coefficient (Wildman–Crippen LogP) is 7.76. The van der Waals surface area contributed by atoms with Crippen molar-refractivity contribution in [3.63, 3.8) is 0 Å². The Balaban J connectivity index is 1.37. The van der Waals surface area contributed by atoms with Gasteiger partial charge in [0, 0.05) is 31.6 Å². The molecular weight excluding hydrogens is 631 g/mol. The van der Waals surface area contributed by atoms with Crippen molar-refractivity contribution in [1.82, 2.24) is 14.8 Å². The fourth-order valence-corrected chi connectivity index (χ4v) is 6.91. The maximum absolute atomic E-state index is 14.6. The van der Waals surface area contributed by atoms with E-state index in [-0.39, 0.29) is 18.3 Å². The minimum atomic E-state index is -0.727. The zero-order valence-electron chi connectivity index (χ0n) is 28.9. The molecule has 0 spiro atoms. The van der Waals surface area contributed by atoms with Crippen LogP contribution < -0.4 is 5.32 Å². The van der Waals surface area contributed by atoms with Crippen LogP contribution in [-0.2, 0) is 26.4 Å². The number of fused-ring (bicyclic) bond motifs is 1. The van der Waals surface area contributed by atoms with Crippen molar-refractivity contribution >= 4 is 28.7 Å². The van der Waals surface area contributed by atoms with Gasteiger partial charge < -0.3 is 9.47 Å². The number of hydrogen-bond donors (Lipinski definition) is 1. The van der Waals surface area contributed by atoms with Gasteiger partial charge in [0.25, 0.3) is 0 Å². The molecule has 0 radical (unpaired) electrons. The Morgan fingerprint density at radius 1 is 0.840 bits per heavy atom. The lowest BCUT2D eigenvalue weighted by molar-refractivity contribution is -0.153. The molecule has 1 saturated heterocycles. The van der Waals surface area contributed by atoms with Crippen LogP contribution in [0.1, 0.15) is 50.1 Å². The lowest BCUT2D eigenvalue weighted by Gasteiger charge is -2.51. The normalized spacial score (nSPS) is 15.8. The quantitative estimate of drug-likeness (QED) is 0.126. The number of carbonyl (C=O) groups is 2. The molecule has 1 amide bonds. The maximum Gasteiger partial charge on any atom is 0.412 e. The van der Waals surface area contributed by atoms with Crippen molar-refractivity contribution in [3.05, 3.63) is 143 Å². The third-order valence-corrected chi connectivity index (χ3v) is 8.91. The number of aromatic nitrogens is 1. The lowest BCUT2D eigenvalue weighted by atomic mass is 9.75. The first-order chi connectivity index (χ1) is 24.1. The molecule has 1 unspecified atom stereocenters. The van der Waals surface area contributed by atoms with Crippen molar-refractivity contribution < 1.29 is 23.5 Å². The zero-order chi connectivity index (χ0) is 35.3. The number of nitrogens with zero attached hydrogens (tertiary/aromatic N) is 3. The van der Waals surface area contributed by atoms with Crippen LogP contribution in [0.2, 0.25) is 0 Å². The summed E-state index contributed by atoms with van der Waals surface area (Å²) >= 11 is 0. The van der Waals surface area contributed by atoms with Gasteiger partial charge in [0.05, 0.1) is 29.0 Å². The van der Waals surface area contributed by atoms with Gasteiger partial charge in [-0.25, -0.2) is 14.2 Å². The molecule has 2 heterocycles. The van der Waals surface area contributed by atoms with Crippen LogP contribution in [0.25, 0.3) is 10.9 Å². The van der Waals surface area contributed by atoms with E-state index in [0.29, 0.717) is 42.8 Å². The summed E-state index contributed by atoms with van der Waals surface area (Å²) in [7, 11) is 0. The third-order valence-electron chi connectivity index (χ3n) is 8.91. The Labute approximate surface area is 292 Å². The molecule has 5 aromatic rings. The summed E-state index contributed by atoms with van der Waals surface area (Å²) in [5, 5.41) is 3.20. The van der Waals surface area contributed by atoms with Gasteiger partial charge in [-0.2, -0.15) is 0 Å². The van der Waals surface area contributed by atoms with E-state index in [1.165, 1.54) is 12.1 Å².